The van der Waals surface area contributed by atoms with Crippen LogP contribution in [0.3, 0.4) is 0 Å². The van der Waals surface area contributed by atoms with E-state index in [0.29, 0.717) is 13.0 Å². The van der Waals surface area contributed by atoms with E-state index in [1.165, 1.54) is 19.3 Å². The Morgan fingerprint density at radius 1 is 1.28 bits per heavy atom. The zero-order valence-electron chi connectivity index (χ0n) is 11.0. The fraction of sp³-hybridized carbons (Fsp3) is 0.833. The van der Waals surface area contributed by atoms with Crippen LogP contribution in [0, 0.1) is 0 Å². The van der Waals surface area contributed by atoms with E-state index < -0.39 is 6.09 Å². The Bertz CT molecular complexity index is 288. The summed E-state index contributed by atoms with van der Waals surface area (Å²) >= 11 is 0. The number of nitrogens with one attached hydrogen (secondary N) is 2. The van der Waals surface area contributed by atoms with Crippen molar-refractivity contribution in [3.63, 3.8) is 0 Å². The van der Waals surface area contributed by atoms with Gasteiger partial charge in [-0.15, -0.1) is 0 Å². The van der Waals surface area contributed by atoms with Crippen molar-refractivity contribution in [1.29, 1.82) is 0 Å². The molecule has 0 aromatic heterocycles. The zero-order chi connectivity index (χ0) is 13.4. The van der Waals surface area contributed by atoms with Gasteiger partial charge in [0.2, 0.25) is 5.91 Å². The second-order valence-electron chi connectivity index (χ2n) is 4.79. The molecule has 0 bridgehead atoms. The molecule has 0 aliphatic heterocycles. The second kappa shape index (κ2) is 7.20. The predicted octanol–water partition coefficient (Wildman–Crippen LogP) is 0.510. The minimum Gasteiger partial charge on any atom is -0.448 e. The lowest BCUT2D eigenvalue weighted by molar-refractivity contribution is -0.123. The monoisotopic (exact) mass is 257 g/mol. The highest BCUT2D eigenvalue weighted by molar-refractivity contribution is 5.77. The highest BCUT2D eigenvalue weighted by Gasteiger charge is 2.32. The summed E-state index contributed by atoms with van der Waals surface area (Å²) in [5.74, 6) is -0.0145. The minimum atomic E-state index is -0.816. The summed E-state index contributed by atoms with van der Waals surface area (Å²) in [6, 6.07) is 0. The second-order valence-corrected chi connectivity index (χ2v) is 4.79. The van der Waals surface area contributed by atoms with Gasteiger partial charge in [0.05, 0.1) is 6.54 Å². The lowest BCUT2D eigenvalue weighted by Gasteiger charge is -2.36. The molecule has 0 radical (unpaired) electrons. The molecule has 0 aromatic rings. The van der Waals surface area contributed by atoms with Gasteiger partial charge in [-0.25, -0.2) is 4.79 Å². The molecule has 6 nitrogen and oxygen atoms in total. The van der Waals surface area contributed by atoms with Crippen LogP contribution in [0.2, 0.25) is 0 Å². The lowest BCUT2D eigenvalue weighted by atomic mass is 9.79. The van der Waals surface area contributed by atoms with Crippen LogP contribution >= 0.6 is 0 Å². The van der Waals surface area contributed by atoms with Gasteiger partial charge in [0, 0.05) is 12.0 Å². The van der Waals surface area contributed by atoms with Gasteiger partial charge in [-0.3, -0.25) is 4.79 Å². The molecule has 1 fully saturated rings. The molecule has 1 aliphatic carbocycles. The SMILES string of the molecule is CNC1(CC(=O)NCCOC(N)=O)CCCCC1. The highest BCUT2D eigenvalue weighted by Crippen LogP contribution is 2.30. The minimum absolute atomic E-state index is 0.0145. The van der Waals surface area contributed by atoms with E-state index >= 15 is 0 Å². The van der Waals surface area contributed by atoms with E-state index in [4.69, 9.17) is 5.73 Å². The molecule has 4 N–H and O–H groups in total. The predicted molar refractivity (Wildman–Crippen MR) is 68.0 cm³/mol. The molecule has 1 saturated carbocycles. The first-order valence-electron chi connectivity index (χ1n) is 6.46. The third kappa shape index (κ3) is 4.91. The number of primary amides is 1. The van der Waals surface area contributed by atoms with Crippen molar-refractivity contribution < 1.29 is 14.3 Å². The molecule has 18 heavy (non-hydrogen) atoms. The van der Waals surface area contributed by atoms with Crippen molar-refractivity contribution in [2.45, 2.75) is 44.1 Å². The summed E-state index contributed by atoms with van der Waals surface area (Å²) in [6.07, 6.45) is 5.31. The molecule has 0 saturated heterocycles. The van der Waals surface area contributed by atoms with E-state index in [2.05, 4.69) is 15.4 Å². The molecule has 104 valence electrons. The Kier molecular flexibility index (Phi) is 5.91. The van der Waals surface area contributed by atoms with Crippen LogP contribution in [-0.2, 0) is 9.53 Å². The molecule has 0 aromatic carbocycles. The largest absolute Gasteiger partial charge is 0.448 e. The van der Waals surface area contributed by atoms with Crippen molar-refractivity contribution in [1.82, 2.24) is 10.6 Å². The molecule has 0 spiro atoms. The zero-order valence-corrected chi connectivity index (χ0v) is 11.0. The third-order valence-corrected chi connectivity index (χ3v) is 3.51. The average molecular weight is 257 g/mol. The summed E-state index contributed by atoms with van der Waals surface area (Å²) in [4.78, 5) is 22.1. The quantitative estimate of drug-likeness (QED) is 0.604. The van der Waals surface area contributed by atoms with Crippen molar-refractivity contribution in [3.05, 3.63) is 0 Å². The van der Waals surface area contributed by atoms with Crippen LogP contribution in [0.1, 0.15) is 38.5 Å². The van der Waals surface area contributed by atoms with Gasteiger partial charge in [0.1, 0.15) is 6.61 Å². The Balaban J connectivity index is 2.26. The number of nitrogens with two attached hydrogens (primary N) is 1. The number of rotatable bonds is 6. The summed E-state index contributed by atoms with van der Waals surface area (Å²) < 4.78 is 4.54. The fourth-order valence-electron chi connectivity index (χ4n) is 2.46. The van der Waals surface area contributed by atoms with E-state index in [1.54, 1.807) is 0 Å². The molecular formula is C12H23N3O3. The normalized spacial score (nSPS) is 18.1. The van der Waals surface area contributed by atoms with Crippen LogP contribution in [-0.4, -0.2) is 37.7 Å². The molecule has 0 unspecified atom stereocenters. The maximum atomic E-state index is 11.8. The average Bonchev–Trinajstić information content (AvgIpc) is 2.35. The van der Waals surface area contributed by atoms with E-state index in [0.717, 1.165) is 12.8 Å². The first-order valence-corrected chi connectivity index (χ1v) is 6.46. The van der Waals surface area contributed by atoms with Crippen LogP contribution in [0.4, 0.5) is 4.79 Å². The number of hydrogen-bond donors (Lipinski definition) is 3. The number of carbonyl (C=O) groups excluding carboxylic acids is 2. The molecule has 1 rings (SSSR count). The topological polar surface area (TPSA) is 93.4 Å². The molecule has 2 amide bonds. The van der Waals surface area contributed by atoms with Crippen LogP contribution in [0.15, 0.2) is 0 Å². The lowest BCUT2D eigenvalue weighted by Crippen LogP contribution is -2.48. The number of ether oxygens (including phenoxy) is 1. The van der Waals surface area contributed by atoms with E-state index in [9.17, 15) is 9.59 Å². The van der Waals surface area contributed by atoms with Gasteiger partial charge in [-0.05, 0) is 19.9 Å². The number of amides is 2. The maximum Gasteiger partial charge on any atom is 0.404 e. The molecule has 0 heterocycles. The standard InChI is InChI=1S/C12H23N3O3/c1-14-12(5-3-2-4-6-12)9-10(16)15-7-8-18-11(13)17/h14H,2-9H2,1H3,(H2,13,17)(H,15,16). The van der Waals surface area contributed by atoms with Crippen molar-refractivity contribution in [2.24, 2.45) is 5.73 Å². The van der Waals surface area contributed by atoms with E-state index in [1.807, 2.05) is 7.05 Å². The maximum absolute atomic E-state index is 11.8. The molecular weight excluding hydrogens is 234 g/mol. The van der Waals surface area contributed by atoms with Gasteiger partial charge in [-0.1, -0.05) is 19.3 Å². The smallest absolute Gasteiger partial charge is 0.404 e. The Morgan fingerprint density at radius 3 is 2.50 bits per heavy atom. The molecule has 1 aliphatic rings. The van der Waals surface area contributed by atoms with Crippen LogP contribution in [0.25, 0.3) is 0 Å². The van der Waals surface area contributed by atoms with Crippen LogP contribution < -0.4 is 16.4 Å². The van der Waals surface area contributed by atoms with Gasteiger partial charge < -0.3 is 21.1 Å². The molecule has 6 heteroatoms. The summed E-state index contributed by atoms with van der Waals surface area (Å²) in [7, 11) is 1.91. The van der Waals surface area contributed by atoms with Crippen molar-refractivity contribution >= 4 is 12.0 Å². The molecule has 0 atom stereocenters. The Hall–Kier alpha value is -1.30. The van der Waals surface area contributed by atoms with Crippen molar-refractivity contribution in [3.8, 4) is 0 Å². The Labute approximate surface area is 108 Å². The Morgan fingerprint density at radius 2 is 1.94 bits per heavy atom. The number of carbonyl (C=O) groups is 2. The fourth-order valence-corrected chi connectivity index (χ4v) is 2.46. The first-order chi connectivity index (χ1) is 8.58. The number of hydrogen-bond acceptors (Lipinski definition) is 4. The summed E-state index contributed by atoms with van der Waals surface area (Å²) in [6.45, 7) is 0.426. The first kappa shape index (κ1) is 14.8. The van der Waals surface area contributed by atoms with Crippen LogP contribution in [0.5, 0.6) is 0 Å². The van der Waals surface area contributed by atoms with E-state index in [-0.39, 0.29) is 18.1 Å². The van der Waals surface area contributed by atoms with Gasteiger partial charge in [0.25, 0.3) is 0 Å². The summed E-state index contributed by atoms with van der Waals surface area (Å²) in [5, 5.41) is 6.02. The summed E-state index contributed by atoms with van der Waals surface area (Å²) in [5.41, 5.74) is 4.75. The van der Waals surface area contributed by atoms with Crippen molar-refractivity contribution in [2.75, 3.05) is 20.2 Å². The third-order valence-electron chi connectivity index (χ3n) is 3.51. The van der Waals surface area contributed by atoms with Gasteiger partial charge >= 0.3 is 6.09 Å². The van der Waals surface area contributed by atoms with Gasteiger partial charge in [-0.2, -0.15) is 0 Å². The van der Waals surface area contributed by atoms with Gasteiger partial charge in [0.15, 0.2) is 0 Å². The highest BCUT2D eigenvalue weighted by atomic mass is 16.5.